The minimum atomic E-state index is -3.69. The van der Waals surface area contributed by atoms with E-state index in [2.05, 4.69) is 10.1 Å². The molecule has 0 aliphatic carbocycles. The van der Waals surface area contributed by atoms with Crippen LogP contribution in [0.3, 0.4) is 0 Å². The first kappa shape index (κ1) is 20.4. The molecule has 7 nitrogen and oxygen atoms in total. The molecule has 0 saturated heterocycles. The lowest BCUT2D eigenvalue weighted by Crippen LogP contribution is -2.42. The molecule has 2 N–H and O–H groups in total. The van der Waals surface area contributed by atoms with Gasteiger partial charge in [-0.25, -0.2) is 13.1 Å². The fourth-order valence-corrected chi connectivity index (χ4v) is 3.38. The van der Waals surface area contributed by atoms with E-state index in [1.165, 1.54) is 24.3 Å². The molecule has 0 spiro atoms. The molecule has 0 radical (unpaired) electrons. The van der Waals surface area contributed by atoms with Gasteiger partial charge in [0.25, 0.3) is 5.91 Å². The molecule has 0 bridgehead atoms. The molecule has 0 saturated carbocycles. The van der Waals surface area contributed by atoms with E-state index in [9.17, 15) is 13.2 Å². The van der Waals surface area contributed by atoms with Crippen LogP contribution in [0.15, 0.2) is 53.4 Å². The summed E-state index contributed by atoms with van der Waals surface area (Å²) in [6.07, 6.45) is 0.0889. The minimum Gasteiger partial charge on any atom is -0.286 e. The maximum Gasteiger partial charge on any atom is 0.269 e. The summed E-state index contributed by atoms with van der Waals surface area (Å²) < 4.78 is 26.5. The Labute approximate surface area is 159 Å². The molecule has 0 heterocycles. The number of carbonyl (C=O) groups is 1. The molecule has 142 valence electrons. The van der Waals surface area contributed by atoms with E-state index in [1.807, 2.05) is 44.2 Å². The molecule has 2 aromatic carbocycles. The van der Waals surface area contributed by atoms with Gasteiger partial charge in [-0.3, -0.25) is 15.2 Å². The summed E-state index contributed by atoms with van der Waals surface area (Å²) in [5.74, 6) is -0.334. The fraction of sp³-hybridized carbons (Fsp3) is 0.263. The number of hydrogen-bond acceptors (Lipinski definition) is 5. The van der Waals surface area contributed by atoms with Gasteiger partial charge in [-0.05, 0) is 50.2 Å². The van der Waals surface area contributed by atoms with Crippen LogP contribution < -0.4 is 15.2 Å². The number of nitriles is 1. The van der Waals surface area contributed by atoms with E-state index in [-0.39, 0.29) is 23.8 Å². The molecular formula is C19H22N4O3S. The second kappa shape index (κ2) is 9.16. The van der Waals surface area contributed by atoms with Gasteiger partial charge < -0.3 is 0 Å². The number of carbonyl (C=O) groups excluding carboxylic acids is 1. The number of amides is 1. The molecule has 1 amide bonds. The molecule has 0 unspecified atom stereocenters. The van der Waals surface area contributed by atoms with Gasteiger partial charge in [0.05, 0.1) is 16.7 Å². The summed E-state index contributed by atoms with van der Waals surface area (Å²) in [6.45, 7) is 4.53. The normalized spacial score (nSPS) is 10.9. The summed E-state index contributed by atoms with van der Waals surface area (Å²) >= 11 is 0. The van der Waals surface area contributed by atoms with Crippen LogP contribution in [0.4, 0.5) is 5.69 Å². The van der Waals surface area contributed by atoms with E-state index >= 15 is 0 Å². The number of hydrazine groups is 1. The molecule has 0 aromatic heterocycles. The molecule has 0 atom stereocenters. The highest BCUT2D eigenvalue weighted by atomic mass is 32.2. The van der Waals surface area contributed by atoms with Crippen LogP contribution in [0.5, 0.6) is 0 Å². The number of nitrogens with one attached hydrogen (secondary N) is 2. The van der Waals surface area contributed by atoms with Gasteiger partial charge >= 0.3 is 0 Å². The zero-order chi connectivity index (χ0) is 19.9. The molecule has 0 fully saturated rings. The van der Waals surface area contributed by atoms with Gasteiger partial charge in [0.1, 0.15) is 0 Å². The third-order valence-corrected chi connectivity index (χ3v) is 5.33. The zero-order valence-electron chi connectivity index (χ0n) is 15.3. The molecule has 2 rings (SSSR count). The predicted octanol–water partition coefficient (Wildman–Crippen LogP) is 2.36. The second-order valence-electron chi connectivity index (χ2n) is 5.85. The Morgan fingerprint density at radius 3 is 2.30 bits per heavy atom. The number of nitrogens with zero attached hydrogens (tertiary/aromatic N) is 2. The van der Waals surface area contributed by atoms with Crippen LogP contribution in [-0.4, -0.2) is 27.4 Å². The van der Waals surface area contributed by atoms with Crippen LogP contribution in [0.1, 0.15) is 29.3 Å². The quantitative estimate of drug-likeness (QED) is 0.536. The first-order valence-corrected chi connectivity index (χ1v) is 9.97. The van der Waals surface area contributed by atoms with Gasteiger partial charge in [0.15, 0.2) is 0 Å². The molecule has 0 aliphatic heterocycles. The van der Waals surface area contributed by atoms with Crippen LogP contribution in [0, 0.1) is 18.3 Å². The Bertz CT molecular complexity index is 917. The average molecular weight is 386 g/mol. The smallest absolute Gasteiger partial charge is 0.269 e. The third kappa shape index (κ3) is 5.54. The first-order chi connectivity index (χ1) is 12.9. The number of aryl methyl sites for hydroxylation is 1. The van der Waals surface area contributed by atoms with E-state index in [0.717, 1.165) is 11.3 Å². The second-order valence-corrected chi connectivity index (χ2v) is 7.62. The summed E-state index contributed by atoms with van der Waals surface area (Å²) in [5, 5.41) is 10.2. The maximum absolute atomic E-state index is 12.5. The SMILES string of the molecule is CCN(NC(=O)c1ccc(S(=O)(=O)NCCC#N)cc1)c1ccc(C)cc1. The van der Waals surface area contributed by atoms with Gasteiger partial charge in [-0.2, -0.15) is 5.26 Å². The largest absolute Gasteiger partial charge is 0.286 e. The average Bonchev–Trinajstić information content (AvgIpc) is 2.67. The van der Waals surface area contributed by atoms with Crippen molar-refractivity contribution in [1.29, 1.82) is 5.26 Å². The summed E-state index contributed by atoms with van der Waals surface area (Å²) in [7, 11) is -3.69. The van der Waals surface area contributed by atoms with Crippen molar-refractivity contribution in [2.24, 2.45) is 0 Å². The van der Waals surface area contributed by atoms with Gasteiger partial charge in [0.2, 0.25) is 10.0 Å². The lowest BCUT2D eigenvalue weighted by atomic mass is 10.2. The maximum atomic E-state index is 12.5. The fourth-order valence-electron chi connectivity index (χ4n) is 2.35. The standard InChI is InChI=1S/C19H22N4O3S/c1-3-23(17-9-5-15(2)6-10-17)22-19(24)16-7-11-18(12-8-16)27(25,26)21-14-4-13-20/h5-12,21H,3-4,14H2,1-2H3,(H,22,24). The van der Waals surface area contributed by atoms with E-state index in [1.54, 1.807) is 5.01 Å². The van der Waals surface area contributed by atoms with Crippen molar-refractivity contribution < 1.29 is 13.2 Å². The van der Waals surface area contributed by atoms with E-state index < -0.39 is 10.0 Å². The van der Waals surface area contributed by atoms with Crippen molar-refractivity contribution in [2.75, 3.05) is 18.1 Å². The Morgan fingerprint density at radius 2 is 1.74 bits per heavy atom. The molecular weight excluding hydrogens is 364 g/mol. The van der Waals surface area contributed by atoms with Crippen molar-refractivity contribution >= 4 is 21.6 Å². The number of rotatable bonds is 8. The Balaban J connectivity index is 2.08. The van der Waals surface area contributed by atoms with Crippen molar-refractivity contribution in [3.8, 4) is 6.07 Å². The lowest BCUT2D eigenvalue weighted by molar-refractivity contribution is 0.0949. The van der Waals surface area contributed by atoms with E-state index in [4.69, 9.17) is 5.26 Å². The van der Waals surface area contributed by atoms with Crippen molar-refractivity contribution in [2.45, 2.75) is 25.2 Å². The summed E-state index contributed by atoms with van der Waals surface area (Å²) in [6, 6.07) is 15.3. The van der Waals surface area contributed by atoms with Crippen LogP contribution >= 0.6 is 0 Å². The Hall–Kier alpha value is -2.89. The zero-order valence-corrected chi connectivity index (χ0v) is 16.1. The number of anilines is 1. The number of hydrogen-bond donors (Lipinski definition) is 2. The lowest BCUT2D eigenvalue weighted by Gasteiger charge is -2.24. The summed E-state index contributed by atoms with van der Waals surface area (Å²) in [5.41, 5.74) is 5.14. The van der Waals surface area contributed by atoms with Crippen molar-refractivity contribution in [3.05, 3.63) is 59.7 Å². The molecule has 2 aromatic rings. The molecule has 0 aliphatic rings. The Kier molecular flexibility index (Phi) is 6.93. The van der Waals surface area contributed by atoms with Gasteiger partial charge in [-0.15, -0.1) is 0 Å². The topological polar surface area (TPSA) is 102 Å². The highest BCUT2D eigenvalue weighted by Crippen LogP contribution is 2.14. The number of sulfonamides is 1. The number of benzene rings is 2. The van der Waals surface area contributed by atoms with Crippen LogP contribution in [-0.2, 0) is 10.0 Å². The molecule has 8 heteroatoms. The highest BCUT2D eigenvalue weighted by Gasteiger charge is 2.15. The minimum absolute atomic E-state index is 0.0443. The van der Waals surface area contributed by atoms with Crippen molar-refractivity contribution in [1.82, 2.24) is 10.1 Å². The van der Waals surface area contributed by atoms with E-state index in [0.29, 0.717) is 12.1 Å². The first-order valence-electron chi connectivity index (χ1n) is 8.49. The molecule has 27 heavy (non-hydrogen) atoms. The summed E-state index contributed by atoms with van der Waals surface area (Å²) in [4.78, 5) is 12.5. The van der Waals surface area contributed by atoms with Crippen molar-refractivity contribution in [3.63, 3.8) is 0 Å². The third-order valence-electron chi connectivity index (χ3n) is 3.85. The highest BCUT2D eigenvalue weighted by molar-refractivity contribution is 7.89. The van der Waals surface area contributed by atoms with Gasteiger partial charge in [0, 0.05) is 25.1 Å². The Morgan fingerprint density at radius 1 is 1.11 bits per heavy atom. The monoisotopic (exact) mass is 386 g/mol. The van der Waals surface area contributed by atoms with Crippen LogP contribution in [0.2, 0.25) is 0 Å². The van der Waals surface area contributed by atoms with Crippen LogP contribution in [0.25, 0.3) is 0 Å². The van der Waals surface area contributed by atoms with Gasteiger partial charge in [-0.1, -0.05) is 17.7 Å². The predicted molar refractivity (Wildman–Crippen MR) is 104 cm³/mol.